The van der Waals surface area contributed by atoms with Gasteiger partial charge in [0.05, 0.1) is 0 Å². The van der Waals surface area contributed by atoms with Crippen LogP contribution in [-0.4, -0.2) is 37.1 Å². The Hall–Kier alpha value is -0.0800. The molecular weight excluding hydrogens is 196 g/mol. The van der Waals surface area contributed by atoms with E-state index in [1.807, 2.05) is 0 Å². The average molecular weight is 226 g/mol. The molecule has 2 unspecified atom stereocenters. The predicted molar refractivity (Wildman–Crippen MR) is 71.8 cm³/mol. The molecule has 1 rings (SSSR count). The van der Waals surface area contributed by atoms with E-state index in [1.165, 1.54) is 58.3 Å². The molecule has 2 nitrogen and oxygen atoms in total. The second-order valence-electron chi connectivity index (χ2n) is 5.09. The molecule has 2 heteroatoms. The molecule has 1 saturated carbocycles. The molecule has 0 aliphatic heterocycles. The Labute approximate surface area is 102 Å². The molecular formula is C14H30N2. The van der Waals surface area contributed by atoms with Crippen LogP contribution in [0.5, 0.6) is 0 Å². The van der Waals surface area contributed by atoms with Crippen LogP contribution in [0.4, 0.5) is 0 Å². The largest absolute Gasteiger partial charge is 0.316 e. The number of nitrogens with zero attached hydrogens (tertiary/aromatic N) is 1. The zero-order valence-corrected chi connectivity index (χ0v) is 11.5. The van der Waals surface area contributed by atoms with Crippen LogP contribution in [-0.2, 0) is 0 Å². The fraction of sp³-hybridized carbons (Fsp3) is 1.00. The molecule has 0 saturated heterocycles. The molecule has 0 radical (unpaired) electrons. The molecule has 0 aromatic rings. The van der Waals surface area contributed by atoms with Gasteiger partial charge in [-0.3, -0.25) is 0 Å². The van der Waals surface area contributed by atoms with E-state index in [0.29, 0.717) is 0 Å². The molecule has 1 aliphatic carbocycles. The minimum Gasteiger partial charge on any atom is -0.316 e. The molecule has 0 bridgehead atoms. The zero-order valence-electron chi connectivity index (χ0n) is 11.5. The topological polar surface area (TPSA) is 15.3 Å². The van der Waals surface area contributed by atoms with Crippen LogP contribution in [0.15, 0.2) is 0 Å². The lowest BCUT2D eigenvalue weighted by atomic mass is 9.78. The maximum Gasteiger partial charge on any atom is 0.0136 e. The van der Waals surface area contributed by atoms with E-state index in [9.17, 15) is 0 Å². The van der Waals surface area contributed by atoms with Gasteiger partial charge in [-0.25, -0.2) is 0 Å². The maximum atomic E-state index is 3.58. The fourth-order valence-corrected chi connectivity index (χ4v) is 2.65. The van der Waals surface area contributed by atoms with Crippen LogP contribution >= 0.6 is 0 Å². The first-order valence-corrected chi connectivity index (χ1v) is 7.28. The van der Waals surface area contributed by atoms with Crippen LogP contribution in [0.3, 0.4) is 0 Å². The average Bonchev–Trinajstić information content (AvgIpc) is 2.28. The summed E-state index contributed by atoms with van der Waals surface area (Å²) in [6.45, 7) is 11.8. The van der Waals surface area contributed by atoms with Crippen molar-refractivity contribution < 1.29 is 0 Å². The summed E-state index contributed by atoms with van der Waals surface area (Å²) >= 11 is 0. The smallest absolute Gasteiger partial charge is 0.0136 e. The second kappa shape index (κ2) is 8.08. The molecule has 96 valence electrons. The van der Waals surface area contributed by atoms with Crippen LogP contribution in [0.2, 0.25) is 0 Å². The molecule has 16 heavy (non-hydrogen) atoms. The summed E-state index contributed by atoms with van der Waals surface area (Å²) < 4.78 is 0. The Morgan fingerprint density at radius 2 is 1.94 bits per heavy atom. The van der Waals surface area contributed by atoms with E-state index in [2.05, 4.69) is 31.0 Å². The predicted octanol–water partition coefficient (Wildman–Crippen LogP) is 2.89. The highest BCUT2D eigenvalue weighted by Crippen LogP contribution is 2.31. The Morgan fingerprint density at radius 3 is 2.44 bits per heavy atom. The van der Waals surface area contributed by atoms with Gasteiger partial charge in [-0.15, -0.1) is 0 Å². The summed E-state index contributed by atoms with van der Waals surface area (Å²) in [5.74, 6) is 0.920. The van der Waals surface area contributed by atoms with Crippen molar-refractivity contribution in [2.75, 3.05) is 26.2 Å². The summed E-state index contributed by atoms with van der Waals surface area (Å²) in [7, 11) is 0. The van der Waals surface area contributed by atoms with E-state index >= 15 is 0 Å². The molecule has 2 atom stereocenters. The van der Waals surface area contributed by atoms with Crippen molar-refractivity contribution in [1.29, 1.82) is 0 Å². The SMILES string of the molecule is CCCCN(CC)C1CCC1CNCCC. The second-order valence-corrected chi connectivity index (χ2v) is 5.09. The lowest BCUT2D eigenvalue weighted by Crippen LogP contribution is -2.50. The Balaban J connectivity index is 2.22. The van der Waals surface area contributed by atoms with Crippen LogP contribution < -0.4 is 5.32 Å². The molecule has 0 spiro atoms. The number of hydrogen-bond donors (Lipinski definition) is 1. The first-order valence-electron chi connectivity index (χ1n) is 7.28. The van der Waals surface area contributed by atoms with Gasteiger partial charge in [0.15, 0.2) is 0 Å². The van der Waals surface area contributed by atoms with Gasteiger partial charge >= 0.3 is 0 Å². The molecule has 1 N–H and O–H groups in total. The van der Waals surface area contributed by atoms with Gasteiger partial charge < -0.3 is 10.2 Å². The summed E-state index contributed by atoms with van der Waals surface area (Å²) in [6.07, 6.45) is 6.80. The normalized spacial score (nSPS) is 24.8. The summed E-state index contributed by atoms with van der Waals surface area (Å²) in [5, 5.41) is 3.58. The Bertz CT molecular complexity index is 170. The van der Waals surface area contributed by atoms with Crippen molar-refractivity contribution in [3.8, 4) is 0 Å². The fourth-order valence-electron chi connectivity index (χ4n) is 2.65. The lowest BCUT2D eigenvalue weighted by Gasteiger charge is -2.44. The number of nitrogens with one attached hydrogen (secondary N) is 1. The highest BCUT2D eigenvalue weighted by atomic mass is 15.2. The highest BCUT2D eigenvalue weighted by Gasteiger charge is 2.33. The van der Waals surface area contributed by atoms with Gasteiger partial charge in [0.1, 0.15) is 0 Å². The first kappa shape index (κ1) is 14.0. The first-order chi connectivity index (χ1) is 7.83. The van der Waals surface area contributed by atoms with E-state index < -0.39 is 0 Å². The van der Waals surface area contributed by atoms with Gasteiger partial charge in [0.2, 0.25) is 0 Å². The van der Waals surface area contributed by atoms with Gasteiger partial charge in [0.25, 0.3) is 0 Å². The van der Waals surface area contributed by atoms with E-state index in [0.717, 1.165) is 12.0 Å². The van der Waals surface area contributed by atoms with Crippen molar-refractivity contribution >= 4 is 0 Å². The molecule has 0 heterocycles. The number of rotatable bonds is 9. The molecule has 1 fully saturated rings. The number of hydrogen-bond acceptors (Lipinski definition) is 2. The lowest BCUT2D eigenvalue weighted by molar-refractivity contribution is 0.0650. The van der Waals surface area contributed by atoms with Gasteiger partial charge in [-0.2, -0.15) is 0 Å². The van der Waals surface area contributed by atoms with Crippen LogP contribution in [0, 0.1) is 5.92 Å². The van der Waals surface area contributed by atoms with Gasteiger partial charge in [-0.05, 0) is 57.8 Å². The summed E-state index contributed by atoms with van der Waals surface area (Å²) in [4.78, 5) is 2.70. The molecule has 0 aromatic heterocycles. The van der Waals surface area contributed by atoms with E-state index in [-0.39, 0.29) is 0 Å². The van der Waals surface area contributed by atoms with Crippen molar-refractivity contribution in [2.45, 2.75) is 58.9 Å². The van der Waals surface area contributed by atoms with E-state index in [1.54, 1.807) is 0 Å². The minimum atomic E-state index is 0.876. The third-order valence-corrected chi connectivity index (χ3v) is 3.88. The van der Waals surface area contributed by atoms with Gasteiger partial charge in [0, 0.05) is 6.04 Å². The third kappa shape index (κ3) is 4.06. The quantitative estimate of drug-likeness (QED) is 0.608. The summed E-state index contributed by atoms with van der Waals surface area (Å²) in [5.41, 5.74) is 0. The highest BCUT2D eigenvalue weighted by molar-refractivity contribution is 4.89. The maximum absolute atomic E-state index is 3.58. The van der Waals surface area contributed by atoms with Crippen molar-refractivity contribution in [3.63, 3.8) is 0 Å². The van der Waals surface area contributed by atoms with Crippen LogP contribution in [0.1, 0.15) is 52.9 Å². The molecule has 1 aliphatic rings. The summed E-state index contributed by atoms with van der Waals surface area (Å²) in [6, 6.07) is 0.876. The monoisotopic (exact) mass is 226 g/mol. The third-order valence-electron chi connectivity index (χ3n) is 3.88. The Morgan fingerprint density at radius 1 is 1.12 bits per heavy atom. The van der Waals surface area contributed by atoms with Crippen LogP contribution in [0.25, 0.3) is 0 Å². The standard InChI is InChI=1S/C14H30N2/c1-4-7-11-16(6-3)14-9-8-13(14)12-15-10-5-2/h13-15H,4-12H2,1-3H3. The van der Waals surface area contributed by atoms with Crippen molar-refractivity contribution in [2.24, 2.45) is 5.92 Å². The minimum absolute atomic E-state index is 0.876. The molecule has 0 aromatic carbocycles. The molecule has 0 amide bonds. The number of unbranched alkanes of at least 4 members (excludes halogenated alkanes) is 1. The van der Waals surface area contributed by atoms with E-state index in [4.69, 9.17) is 0 Å². The van der Waals surface area contributed by atoms with Crippen molar-refractivity contribution in [1.82, 2.24) is 10.2 Å². The zero-order chi connectivity index (χ0) is 11.8. The Kier molecular flexibility index (Phi) is 7.06. The van der Waals surface area contributed by atoms with Crippen molar-refractivity contribution in [3.05, 3.63) is 0 Å². The van der Waals surface area contributed by atoms with Gasteiger partial charge in [-0.1, -0.05) is 27.2 Å².